The van der Waals surface area contributed by atoms with Crippen molar-refractivity contribution in [3.05, 3.63) is 0 Å². The van der Waals surface area contributed by atoms with E-state index < -0.39 is 31.4 Å². The number of ether oxygens (including phenoxy) is 1. The van der Waals surface area contributed by atoms with E-state index in [1.165, 1.54) is 12.5 Å². The summed E-state index contributed by atoms with van der Waals surface area (Å²) in [5.41, 5.74) is -5.94. The first kappa shape index (κ1) is 15.1. The molecular weight excluding hydrogens is 281 g/mol. The van der Waals surface area contributed by atoms with Gasteiger partial charge >= 0.3 is 15.6 Å². The van der Waals surface area contributed by atoms with E-state index in [-0.39, 0.29) is 0 Å². The van der Waals surface area contributed by atoms with Crippen molar-refractivity contribution >= 4 is 20.4 Å². The van der Waals surface area contributed by atoms with Crippen molar-refractivity contribution in [2.45, 2.75) is 30.2 Å². The second-order valence-corrected chi connectivity index (χ2v) is 9.13. The van der Waals surface area contributed by atoms with Crippen molar-refractivity contribution in [3.63, 3.8) is 0 Å². The van der Waals surface area contributed by atoms with Gasteiger partial charge in [-0.1, -0.05) is 10.3 Å². The minimum Gasteiger partial charge on any atom is -0.367 e. The number of hydrogen-bond acceptors (Lipinski definition) is 4. The zero-order chi connectivity index (χ0) is 13.3. The highest BCUT2D eigenvalue weighted by Gasteiger charge is 2.50. The van der Waals surface area contributed by atoms with E-state index in [4.69, 9.17) is 4.74 Å². The van der Waals surface area contributed by atoms with E-state index in [9.17, 15) is 21.6 Å². The van der Waals surface area contributed by atoms with E-state index in [0.717, 1.165) is 12.8 Å². The van der Waals surface area contributed by atoms with Crippen LogP contribution in [-0.4, -0.2) is 38.5 Å². The Kier molecular flexibility index (Phi) is 4.38. The van der Waals surface area contributed by atoms with Crippen molar-refractivity contribution in [1.82, 2.24) is 0 Å². The molecule has 0 spiro atoms. The lowest BCUT2D eigenvalue weighted by Crippen LogP contribution is -2.32. The maximum Gasteiger partial charge on any atom is 0.523 e. The van der Waals surface area contributed by atoms with Crippen molar-refractivity contribution in [1.29, 1.82) is 0 Å². The van der Waals surface area contributed by atoms with E-state index >= 15 is 0 Å². The standard InChI is InChI=1S/C8H15F3O4S2/c1-16(2,7-5-3-4-6-14-7)15-17(12,13)8(9,10)11/h7H,3-6H2,1-2H3. The van der Waals surface area contributed by atoms with Crippen LogP contribution < -0.4 is 0 Å². The van der Waals surface area contributed by atoms with Crippen LogP contribution in [0.3, 0.4) is 0 Å². The summed E-state index contributed by atoms with van der Waals surface area (Å²) in [5.74, 6) is 0. The van der Waals surface area contributed by atoms with Crippen molar-refractivity contribution in [2.24, 2.45) is 0 Å². The smallest absolute Gasteiger partial charge is 0.367 e. The van der Waals surface area contributed by atoms with Gasteiger partial charge in [-0.2, -0.15) is 21.6 Å². The molecule has 1 aliphatic rings. The molecule has 1 unspecified atom stereocenters. The molecule has 1 aliphatic heterocycles. The topological polar surface area (TPSA) is 52.6 Å². The Balaban J connectivity index is 2.78. The van der Waals surface area contributed by atoms with Gasteiger partial charge in [0.15, 0.2) is 0 Å². The van der Waals surface area contributed by atoms with Gasteiger partial charge in [0.2, 0.25) is 0 Å². The summed E-state index contributed by atoms with van der Waals surface area (Å²) in [7, 11) is -8.00. The van der Waals surface area contributed by atoms with Gasteiger partial charge in [0.1, 0.15) is 5.44 Å². The molecule has 9 heteroatoms. The molecule has 0 N–H and O–H groups in total. The van der Waals surface area contributed by atoms with Crippen LogP contribution in [0.5, 0.6) is 0 Å². The molecule has 17 heavy (non-hydrogen) atoms. The van der Waals surface area contributed by atoms with Crippen molar-refractivity contribution in [2.75, 3.05) is 19.1 Å². The fourth-order valence-corrected chi connectivity index (χ4v) is 5.14. The summed E-state index contributed by atoms with van der Waals surface area (Å²) in [6.45, 7) is 0.427. The molecule has 0 aromatic rings. The van der Waals surface area contributed by atoms with Gasteiger partial charge < -0.3 is 4.74 Å². The first-order valence-electron chi connectivity index (χ1n) is 4.92. The van der Waals surface area contributed by atoms with E-state index in [1.807, 2.05) is 0 Å². The van der Waals surface area contributed by atoms with Crippen LogP contribution in [0.25, 0.3) is 0 Å². The Hall–Kier alpha value is 0.01000. The molecule has 1 saturated heterocycles. The van der Waals surface area contributed by atoms with Crippen LogP contribution >= 0.6 is 10.3 Å². The Morgan fingerprint density at radius 2 is 1.82 bits per heavy atom. The predicted molar refractivity (Wildman–Crippen MR) is 59.1 cm³/mol. The van der Waals surface area contributed by atoms with Crippen molar-refractivity contribution in [3.8, 4) is 0 Å². The molecule has 1 fully saturated rings. The molecule has 1 atom stereocenters. The Morgan fingerprint density at radius 1 is 1.24 bits per heavy atom. The lowest BCUT2D eigenvalue weighted by Gasteiger charge is -2.39. The highest BCUT2D eigenvalue weighted by molar-refractivity contribution is 8.32. The average molecular weight is 296 g/mol. The zero-order valence-corrected chi connectivity index (χ0v) is 11.1. The molecule has 104 valence electrons. The van der Waals surface area contributed by atoms with Gasteiger partial charge in [-0.05, 0) is 31.8 Å². The zero-order valence-electron chi connectivity index (χ0n) is 9.49. The minimum atomic E-state index is -5.55. The normalized spacial score (nSPS) is 24.6. The number of hydrogen-bond donors (Lipinski definition) is 0. The summed E-state index contributed by atoms with van der Waals surface area (Å²) < 4.78 is 68.0. The van der Waals surface area contributed by atoms with Gasteiger partial charge in [-0.15, -0.1) is 0 Å². The SMILES string of the molecule is CS(C)(OS(=O)(=O)C(F)(F)F)C1CCCCO1. The van der Waals surface area contributed by atoms with Gasteiger partial charge in [0.05, 0.1) is 0 Å². The number of halogens is 3. The maximum absolute atomic E-state index is 12.2. The van der Waals surface area contributed by atoms with Gasteiger partial charge in [-0.3, -0.25) is 0 Å². The highest BCUT2D eigenvalue weighted by Crippen LogP contribution is 2.53. The monoisotopic (exact) mass is 296 g/mol. The summed E-state index contributed by atoms with van der Waals surface area (Å²) in [6, 6.07) is 0. The van der Waals surface area contributed by atoms with Crippen LogP contribution in [0.2, 0.25) is 0 Å². The summed E-state index contributed by atoms with van der Waals surface area (Å²) in [6.07, 6.45) is 4.89. The Morgan fingerprint density at radius 3 is 2.24 bits per heavy atom. The predicted octanol–water partition coefficient (Wildman–Crippen LogP) is 2.36. The average Bonchev–Trinajstić information content (AvgIpc) is 2.15. The molecule has 1 rings (SSSR count). The largest absolute Gasteiger partial charge is 0.523 e. The van der Waals surface area contributed by atoms with Gasteiger partial charge in [0.25, 0.3) is 0 Å². The quantitative estimate of drug-likeness (QED) is 0.750. The molecule has 4 nitrogen and oxygen atoms in total. The van der Waals surface area contributed by atoms with Crippen LogP contribution in [0.1, 0.15) is 19.3 Å². The third kappa shape index (κ3) is 3.73. The van der Waals surface area contributed by atoms with E-state index in [2.05, 4.69) is 3.63 Å². The van der Waals surface area contributed by atoms with E-state index in [0.29, 0.717) is 13.0 Å². The second-order valence-electron chi connectivity index (χ2n) is 4.07. The fourth-order valence-electron chi connectivity index (χ4n) is 1.47. The van der Waals surface area contributed by atoms with E-state index in [1.54, 1.807) is 0 Å². The summed E-state index contributed by atoms with van der Waals surface area (Å²) >= 11 is 0. The lowest BCUT2D eigenvalue weighted by atomic mass is 10.2. The molecule has 0 amide bonds. The molecule has 0 radical (unpaired) electrons. The third-order valence-electron chi connectivity index (χ3n) is 2.32. The maximum atomic E-state index is 12.2. The molecular formula is C8H15F3O4S2. The molecule has 0 bridgehead atoms. The lowest BCUT2D eigenvalue weighted by molar-refractivity contribution is -0.0498. The van der Waals surface area contributed by atoms with Gasteiger partial charge in [-0.25, -0.2) is 3.63 Å². The molecule has 1 heterocycles. The summed E-state index contributed by atoms with van der Waals surface area (Å²) in [4.78, 5) is 0. The molecule has 0 aliphatic carbocycles. The second kappa shape index (κ2) is 4.94. The Bertz CT molecular complexity index is 357. The molecule has 0 aromatic heterocycles. The number of rotatable bonds is 3. The van der Waals surface area contributed by atoms with Crippen LogP contribution in [0.4, 0.5) is 13.2 Å². The van der Waals surface area contributed by atoms with Crippen LogP contribution in [0.15, 0.2) is 0 Å². The van der Waals surface area contributed by atoms with Crippen LogP contribution in [0, 0.1) is 0 Å². The first-order valence-corrected chi connectivity index (χ1v) is 8.77. The fraction of sp³-hybridized carbons (Fsp3) is 1.00. The number of alkyl halides is 3. The Labute approximate surface area is 100 Å². The van der Waals surface area contributed by atoms with Crippen LogP contribution in [-0.2, 0) is 18.5 Å². The highest BCUT2D eigenvalue weighted by atomic mass is 32.3. The third-order valence-corrected chi connectivity index (χ3v) is 6.64. The summed E-state index contributed by atoms with van der Waals surface area (Å²) in [5, 5.41) is 0. The molecule has 0 saturated carbocycles. The first-order chi connectivity index (χ1) is 7.56. The minimum absolute atomic E-state index is 0.427. The van der Waals surface area contributed by atoms with Gasteiger partial charge in [0, 0.05) is 6.61 Å². The molecule has 0 aromatic carbocycles. The van der Waals surface area contributed by atoms with Crippen molar-refractivity contribution < 1.29 is 30.0 Å².